The second-order valence-corrected chi connectivity index (χ2v) is 3.25. The smallest absolute Gasteiger partial charge is 0.338 e. The number of pyridine rings is 1. The highest BCUT2D eigenvalue weighted by molar-refractivity contribution is 5.91. The van der Waals surface area contributed by atoms with Crippen LogP contribution in [0.15, 0.2) is 18.5 Å². The van der Waals surface area contributed by atoms with Crippen LogP contribution in [0.3, 0.4) is 0 Å². The van der Waals surface area contributed by atoms with E-state index in [0.29, 0.717) is 0 Å². The fourth-order valence-electron chi connectivity index (χ4n) is 1.26. The molecule has 1 amide bonds. The number of carbonyl (C=O) groups is 2. The zero-order valence-electron chi connectivity index (χ0n) is 9.03. The van der Waals surface area contributed by atoms with Crippen molar-refractivity contribution >= 4 is 11.9 Å². The largest absolute Gasteiger partial charge is 0.465 e. The van der Waals surface area contributed by atoms with Gasteiger partial charge in [-0.25, -0.2) is 4.79 Å². The van der Waals surface area contributed by atoms with Crippen molar-refractivity contribution in [2.45, 2.75) is 12.2 Å². The quantitative estimate of drug-likeness (QED) is 0.565. The number of esters is 1. The Morgan fingerprint density at radius 2 is 2.12 bits per heavy atom. The van der Waals surface area contributed by atoms with Crippen LogP contribution in [0.25, 0.3) is 0 Å². The fourth-order valence-corrected chi connectivity index (χ4v) is 1.26. The zero-order chi connectivity index (χ0) is 13.0. The summed E-state index contributed by atoms with van der Waals surface area (Å²) >= 11 is 0. The summed E-state index contributed by atoms with van der Waals surface area (Å²) in [7, 11) is 1.17. The van der Waals surface area contributed by atoms with Crippen LogP contribution in [0.5, 0.6) is 0 Å². The first-order valence-electron chi connectivity index (χ1n) is 4.66. The first-order chi connectivity index (χ1) is 7.99. The number of nitrogens with two attached hydrogens (primary N) is 1. The van der Waals surface area contributed by atoms with Gasteiger partial charge in [0.05, 0.1) is 12.7 Å². The molecule has 2 atom stereocenters. The van der Waals surface area contributed by atoms with E-state index in [-0.39, 0.29) is 11.1 Å². The fraction of sp³-hybridized carbons (Fsp3) is 0.300. The summed E-state index contributed by atoms with van der Waals surface area (Å²) in [6, 6.07) is 1.30. The van der Waals surface area contributed by atoms with Gasteiger partial charge in [-0.3, -0.25) is 9.78 Å². The monoisotopic (exact) mass is 240 g/mol. The van der Waals surface area contributed by atoms with Crippen LogP contribution in [0.1, 0.15) is 22.0 Å². The Morgan fingerprint density at radius 3 is 2.65 bits per heavy atom. The van der Waals surface area contributed by atoms with Crippen LogP contribution in [0.4, 0.5) is 0 Å². The zero-order valence-corrected chi connectivity index (χ0v) is 9.03. The van der Waals surface area contributed by atoms with Gasteiger partial charge in [-0.15, -0.1) is 0 Å². The standard InChI is InChI=1S/C10H12N2O5/c1-17-10(16)5-2-3-12-4-6(5)7(13)8(14)9(11)15/h2-4,7-8,13-14H,1H3,(H2,11,15). The highest BCUT2D eigenvalue weighted by Crippen LogP contribution is 2.20. The van der Waals surface area contributed by atoms with Gasteiger partial charge in [-0.1, -0.05) is 0 Å². The molecule has 7 heteroatoms. The number of rotatable bonds is 4. The van der Waals surface area contributed by atoms with E-state index in [0.717, 1.165) is 6.20 Å². The number of amides is 1. The number of aliphatic hydroxyl groups excluding tert-OH is 2. The van der Waals surface area contributed by atoms with Gasteiger partial charge in [0.15, 0.2) is 6.10 Å². The number of aromatic nitrogens is 1. The third-order valence-electron chi connectivity index (χ3n) is 2.17. The second kappa shape index (κ2) is 5.37. The third-order valence-corrected chi connectivity index (χ3v) is 2.17. The normalized spacial score (nSPS) is 13.8. The molecule has 4 N–H and O–H groups in total. The Bertz CT molecular complexity index is 434. The maximum atomic E-state index is 11.4. The summed E-state index contributed by atoms with van der Waals surface area (Å²) < 4.78 is 4.49. The molecule has 1 heterocycles. The number of primary amides is 1. The molecule has 7 nitrogen and oxygen atoms in total. The van der Waals surface area contributed by atoms with Crippen molar-refractivity contribution in [2.24, 2.45) is 5.73 Å². The Balaban J connectivity index is 3.13. The van der Waals surface area contributed by atoms with E-state index in [1.165, 1.54) is 19.4 Å². The molecule has 0 spiro atoms. The van der Waals surface area contributed by atoms with Gasteiger partial charge in [0.25, 0.3) is 0 Å². The van der Waals surface area contributed by atoms with Gasteiger partial charge in [-0.05, 0) is 6.07 Å². The van der Waals surface area contributed by atoms with E-state index in [1.807, 2.05) is 0 Å². The van der Waals surface area contributed by atoms with E-state index >= 15 is 0 Å². The molecule has 0 radical (unpaired) electrons. The Kier molecular flexibility index (Phi) is 4.13. The summed E-state index contributed by atoms with van der Waals surface area (Å²) in [5.41, 5.74) is 4.83. The van der Waals surface area contributed by atoms with Crippen molar-refractivity contribution in [3.63, 3.8) is 0 Å². The maximum Gasteiger partial charge on any atom is 0.338 e. The molecule has 2 unspecified atom stereocenters. The molecule has 0 saturated carbocycles. The van der Waals surface area contributed by atoms with Crippen molar-refractivity contribution < 1.29 is 24.5 Å². The number of carbonyl (C=O) groups excluding carboxylic acids is 2. The highest BCUT2D eigenvalue weighted by atomic mass is 16.5. The molecule has 0 aliphatic heterocycles. The number of ether oxygens (including phenoxy) is 1. The summed E-state index contributed by atoms with van der Waals surface area (Å²) in [5.74, 6) is -1.81. The van der Waals surface area contributed by atoms with Crippen LogP contribution >= 0.6 is 0 Å². The van der Waals surface area contributed by atoms with Crippen molar-refractivity contribution in [3.8, 4) is 0 Å². The molecule has 0 saturated heterocycles. The molecular weight excluding hydrogens is 228 g/mol. The first kappa shape index (κ1) is 13.1. The van der Waals surface area contributed by atoms with Gasteiger partial charge < -0.3 is 20.7 Å². The van der Waals surface area contributed by atoms with Crippen LogP contribution in [0, 0.1) is 0 Å². The maximum absolute atomic E-state index is 11.4. The van der Waals surface area contributed by atoms with Gasteiger partial charge in [0.2, 0.25) is 5.91 Å². The van der Waals surface area contributed by atoms with Gasteiger partial charge in [-0.2, -0.15) is 0 Å². The molecule has 0 aliphatic rings. The minimum atomic E-state index is -1.82. The Hall–Kier alpha value is -1.99. The summed E-state index contributed by atoms with van der Waals surface area (Å²) in [6.45, 7) is 0. The molecule has 17 heavy (non-hydrogen) atoms. The molecule has 0 aliphatic carbocycles. The van der Waals surface area contributed by atoms with Crippen molar-refractivity contribution in [2.75, 3.05) is 7.11 Å². The van der Waals surface area contributed by atoms with E-state index in [4.69, 9.17) is 5.73 Å². The highest BCUT2D eigenvalue weighted by Gasteiger charge is 2.27. The first-order valence-corrected chi connectivity index (χ1v) is 4.66. The molecule has 0 aromatic carbocycles. The minimum absolute atomic E-state index is 0.00954. The number of methoxy groups -OCH3 is 1. The number of nitrogens with zero attached hydrogens (tertiary/aromatic N) is 1. The molecule has 0 bridgehead atoms. The molecule has 1 rings (SSSR count). The van der Waals surface area contributed by atoms with Crippen LogP contribution in [0.2, 0.25) is 0 Å². The Labute approximate surface area is 96.8 Å². The van der Waals surface area contributed by atoms with Crippen molar-refractivity contribution in [3.05, 3.63) is 29.6 Å². The van der Waals surface area contributed by atoms with Crippen LogP contribution in [-0.2, 0) is 9.53 Å². The van der Waals surface area contributed by atoms with Crippen LogP contribution < -0.4 is 5.73 Å². The summed E-state index contributed by atoms with van der Waals surface area (Å²) in [6.07, 6.45) is -0.972. The lowest BCUT2D eigenvalue weighted by atomic mass is 10.0. The van der Waals surface area contributed by atoms with E-state index in [1.54, 1.807) is 0 Å². The average Bonchev–Trinajstić information content (AvgIpc) is 2.35. The van der Waals surface area contributed by atoms with Gasteiger partial charge in [0, 0.05) is 18.0 Å². The lowest BCUT2D eigenvalue weighted by molar-refractivity contribution is -0.132. The van der Waals surface area contributed by atoms with Crippen molar-refractivity contribution in [1.29, 1.82) is 0 Å². The second-order valence-electron chi connectivity index (χ2n) is 3.25. The average molecular weight is 240 g/mol. The van der Waals surface area contributed by atoms with E-state index in [2.05, 4.69) is 9.72 Å². The third kappa shape index (κ3) is 2.77. The van der Waals surface area contributed by atoms with Crippen LogP contribution in [-0.4, -0.2) is 40.3 Å². The van der Waals surface area contributed by atoms with E-state index in [9.17, 15) is 19.8 Å². The topological polar surface area (TPSA) is 123 Å². The molecule has 0 fully saturated rings. The lowest BCUT2D eigenvalue weighted by Crippen LogP contribution is -2.34. The number of hydrogen-bond acceptors (Lipinski definition) is 6. The Morgan fingerprint density at radius 1 is 1.47 bits per heavy atom. The predicted octanol–water partition coefficient (Wildman–Crippen LogP) is -1.25. The van der Waals surface area contributed by atoms with Gasteiger partial charge in [0.1, 0.15) is 6.10 Å². The summed E-state index contributed by atoms with van der Waals surface area (Å²) in [5, 5.41) is 19.0. The molecular formula is C10H12N2O5. The number of aliphatic hydroxyl groups is 2. The molecule has 92 valence electrons. The molecule has 1 aromatic heterocycles. The molecule has 1 aromatic rings. The summed E-state index contributed by atoms with van der Waals surface area (Å²) in [4.78, 5) is 25.8. The minimum Gasteiger partial charge on any atom is -0.465 e. The lowest BCUT2D eigenvalue weighted by Gasteiger charge is -2.16. The van der Waals surface area contributed by atoms with E-state index < -0.39 is 24.1 Å². The van der Waals surface area contributed by atoms with Gasteiger partial charge >= 0.3 is 5.97 Å². The number of hydrogen-bond donors (Lipinski definition) is 3. The predicted molar refractivity (Wildman–Crippen MR) is 55.7 cm³/mol. The SMILES string of the molecule is COC(=O)c1ccncc1C(O)C(O)C(N)=O. The van der Waals surface area contributed by atoms with Crippen molar-refractivity contribution in [1.82, 2.24) is 4.98 Å².